The Morgan fingerprint density at radius 3 is 2.21 bits per heavy atom. The molecule has 0 spiro atoms. The van der Waals surface area contributed by atoms with Crippen LogP contribution in [0.2, 0.25) is 0 Å². The van der Waals surface area contributed by atoms with Crippen molar-refractivity contribution in [1.29, 1.82) is 0 Å². The van der Waals surface area contributed by atoms with E-state index in [1.807, 2.05) is 18.2 Å². The number of aryl methyl sites for hydroxylation is 1. The second-order valence-electron chi connectivity index (χ2n) is 7.53. The van der Waals surface area contributed by atoms with E-state index in [9.17, 15) is 13.2 Å². The van der Waals surface area contributed by atoms with E-state index in [0.29, 0.717) is 17.2 Å². The molecule has 3 rings (SSSR count). The summed E-state index contributed by atoms with van der Waals surface area (Å²) in [4.78, 5) is 13.0. The first-order chi connectivity index (χ1) is 16.3. The molecule has 0 atom stereocenters. The molecule has 0 saturated heterocycles. The van der Waals surface area contributed by atoms with Crippen LogP contribution in [0.4, 0.5) is 5.69 Å². The highest BCUT2D eigenvalue weighted by Crippen LogP contribution is 2.30. The summed E-state index contributed by atoms with van der Waals surface area (Å²) in [6.45, 7) is 1.37. The van der Waals surface area contributed by atoms with Gasteiger partial charge in [-0.25, -0.2) is 8.42 Å². The molecule has 3 aromatic rings. The van der Waals surface area contributed by atoms with Crippen molar-refractivity contribution in [2.24, 2.45) is 0 Å². The third kappa shape index (κ3) is 5.86. The Balaban J connectivity index is 1.96. The molecule has 1 amide bonds. The first-order valence-electron chi connectivity index (χ1n) is 10.5. The largest absolute Gasteiger partial charge is 0.497 e. The zero-order valence-corrected chi connectivity index (χ0v) is 20.4. The van der Waals surface area contributed by atoms with Gasteiger partial charge in [-0.2, -0.15) is 4.31 Å². The average molecular weight is 485 g/mol. The number of carbonyl (C=O) groups is 1. The van der Waals surface area contributed by atoms with Crippen LogP contribution < -0.4 is 19.5 Å². The fourth-order valence-electron chi connectivity index (χ4n) is 3.40. The van der Waals surface area contributed by atoms with Crippen molar-refractivity contribution in [3.05, 3.63) is 77.9 Å². The molecular weight excluding hydrogens is 456 g/mol. The molecule has 0 radical (unpaired) electrons. The first-order valence-corrected chi connectivity index (χ1v) is 11.9. The highest BCUT2D eigenvalue weighted by Gasteiger charge is 2.30. The summed E-state index contributed by atoms with van der Waals surface area (Å²) >= 11 is 0. The molecule has 0 saturated carbocycles. The number of ether oxygens (including phenoxy) is 3. The van der Waals surface area contributed by atoms with E-state index in [0.717, 1.165) is 15.4 Å². The summed E-state index contributed by atoms with van der Waals surface area (Å²) in [5.74, 6) is 0.623. The summed E-state index contributed by atoms with van der Waals surface area (Å²) < 4.78 is 44.4. The van der Waals surface area contributed by atoms with E-state index >= 15 is 0 Å². The van der Waals surface area contributed by atoms with Gasteiger partial charge in [0.15, 0.2) is 0 Å². The monoisotopic (exact) mass is 484 g/mol. The molecule has 0 aromatic heterocycles. The van der Waals surface area contributed by atoms with E-state index in [4.69, 9.17) is 14.2 Å². The Hall–Kier alpha value is -3.56. The van der Waals surface area contributed by atoms with Crippen molar-refractivity contribution < 1.29 is 27.4 Å². The summed E-state index contributed by atoms with van der Waals surface area (Å²) in [5.41, 5.74) is 1.87. The molecule has 0 unspecified atom stereocenters. The predicted molar refractivity (Wildman–Crippen MR) is 130 cm³/mol. The number of hydrogen-bond acceptors (Lipinski definition) is 6. The highest BCUT2D eigenvalue weighted by atomic mass is 32.2. The van der Waals surface area contributed by atoms with Crippen molar-refractivity contribution in [2.45, 2.75) is 18.4 Å². The van der Waals surface area contributed by atoms with Crippen molar-refractivity contribution in [3.63, 3.8) is 0 Å². The molecule has 0 heterocycles. The van der Waals surface area contributed by atoms with Crippen LogP contribution in [-0.4, -0.2) is 46.5 Å². The molecule has 3 aromatic carbocycles. The Morgan fingerprint density at radius 1 is 0.882 bits per heavy atom. The van der Waals surface area contributed by atoms with Gasteiger partial charge < -0.3 is 19.5 Å². The maximum Gasteiger partial charge on any atom is 0.247 e. The minimum atomic E-state index is -4.09. The van der Waals surface area contributed by atoms with Crippen LogP contribution in [-0.2, 0) is 21.4 Å². The second kappa shape index (κ2) is 11.0. The van der Waals surface area contributed by atoms with Gasteiger partial charge in [-0.1, -0.05) is 36.4 Å². The quantitative estimate of drug-likeness (QED) is 0.470. The topological polar surface area (TPSA) is 94.2 Å². The molecule has 34 heavy (non-hydrogen) atoms. The zero-order valence-electron chi connectivity index (χ0n) is 19.6. The maximum atomic E-state index is 13.7. The number of anilines is 1. The second-order valence-corrected chi connectivity index (χ2v) is 9.43. The molecule has 9 heteroatoms. The average Bonchev–Trinajstić information content (AvgIpc) is 2.84. The van der Waals surface area contributed by atoms with Crippen molar-refractivity contribution in [1.82, 2.24) is 4.31 Å². The normalized spacial score (nSPS) is 11.2. The number of amides is 1. The summed E-state index contributed by atoms with van der Waals surface area (Å²) in [5, 5.41) is 2.73. The number of carbonyl (C=O) groups excluding carboxylic acids is 1. The third-order valence-corrected chi connectivity index (χ3v) is 6.95. The summed E-state index contributed by atoms with van der Waals surface area (Å²) in [7, 11) is 0.311. The lowest BCUT2D eigenvalue weighted by atomic mass is 10.2. The fraction of sp³-hybridized carbons (Fsp3) is 0.240. The van der Waals surface area contributed by atoms with Crippen LogP contribution in [0.3, 0.4) is 0 Å². The number of methoxy groups -OCH3 is 3. The first kappa shape index (κ1) is 25.1. The molecule has 1 N–H and O–H groups in total. The number of rotatable bonds is 10. The number of sulfonamides is 1. The molecule has 0 aliphatic rings. The number of hydrogen-bond donors (Lipinski definition) is 1. The van der Waals surface area contributed by atoms with Crippen LogP contribution in [0.5, 0.6) is 17.2 Å². The SMILES string of the molecule is COc1ccc(OC)c(NC(=O)CN(Cc2ccccc2)S(=O)(=O)c2cc(C)ccc2OC)c1. The Labute approximate surface area is 200 Å². The number of nitrogens with one attached hydrogen (secondary N) is 1. The van der Waals surface area contributed by atoms with E-state index in [1.54, 1.807) is 49.4 Å². The van der Waals surface area contributed by atoms with E-state index < -0.39 is 22.5 Å². The third-order valence-electron chi connectivity index (χ3n) is 5.14. The zero-order chi connectivity index (χ0) is 24.7. The van der Waals surface area contributed by atoms with Gasteiger partial charge in [-0.3, -0.25) is 4.79 Å². The number of benzene rings is 3. The van der Waals surface area contributed by atoms with E-state index in [1.165, 1.54) is 27.4 Å². The van der Waals surface area contributed by atoms with E-state index in [-0.39, 0.29) is 17.2 Å². The van der Waals surface area contributed by atoms with Crippen LogP contribution in [0.25, 0.3) is 0 Å². The predicted octanol–water partition coefficient (Wildman–Crippen LogP) is 3.85. The van der Waals surface area contributed by atoms with Gasteiger partial charge in [0, 0.05) is 12.6 Å². The van der Waals surface area contributed by atoms with Crippen LogP contribution in [0.15, 0.2) is 71.6 Å². The standard InChI is InChI=1S/C25H28N2O6S/c1-18-10-12-23(33-4)24(14-18)34(29,30)27(16-19-8-6-5-7-9-19)17-25(28)26-21-15-20(31-2)11-13-22(21)32-3/h5-15H,16-17H2,1-4H3,(H,26,28). The molecule has 0 fully saturated rings. The molecule has 180 valence electrons. The molecule has 0 bridgehead atoms. The fourth-order valence-corrected chi connectivity index (χ4v) is 5.02. The Kier molecular flexibility index (Phi) is 8.14. The van der Waals surface area contributed by atoms with Crippen molar-refractivity contribution in [2.75, 3.05) is 33.2 Å². The van der Waals surface area contributed by atoms with Crippen LogP contribution in [0.1, 0.15) is 11.1 Å². The molecular formula is C25H28N2O6S. The number of nitrogens with zero attached hydrogens (tertiary/aromatic N) is 1. The maximum absolute atomic E-state index is 13.7. The van der Waals surface area contributed by atoms with Crippen molar-refractivity contribution >= 4 is 21.6 Å². The van der Waals surface area contributed by atoms with Gasteiger partial charge in [-0.15, -0.1) is 0 Å². The summed E-state index contributed by atoms with van der Waals surface area (Å²) in [6.07, 6.45) is 0. The lowest BCUT2D eigenvalue weighted by molar-refractivity contribution is -0.116. The lowest BCUT2D eigenvalue weighted by Gasteiger charge is -2.23. The smallest absolute Gasteiger partial charge is 0.247 e. The van der Waals surface area contributed by atoms with Crippen LogP contribution >= 0.6 is 0 Å². The van der Waals surface area contributed by atoms with Gasteiger partial charge in [0.25, 0.3) is 0 Å². The van der Waals surface area contributed by atoms with Gasteiger partial charge in [0.05, 0.1) is 33.6 Å². The lowest BCUT2D eigenvalue weighted by Crippen LogP contribution is -2.37. The molecule has 0 aliphatic carbocycles. The van der Waals surface area contributed by atoms with Crippen molar-refractivity contribution in [3.8, 4) is 17.2 Å². The molecule has 8 nitrogen and oxygen atoms in total. The van der Waals surface area contributed by atoms with Gasteiger partial charge in [-0.05, 0) is 42.3 Å². The van der Waals surface area contributed by atoms with E-state index in [2.05, 4.69) is 5.32 Å². The van der Waals surface area contributed by atoms with Gasteiger partial charge in [0.2, 0.25) is 15.9 Å². The van der Waals surface area contributed by atoms with Crippen LogP contribution in [0, 0.1) is 6.92 Å². The minimum Gasteiger partial charge on any atom is -0.497 e. The minimum absolute atomic E-state index is 0.00214. The Bertz CT molecular complexity index is 1250. The summed E-state index contributed by atoms with van der Waals surface area (Å²) in [6, 6.07) is 18.9. The van der Waals surface area contributed by atoms with Gasteiger partial charge >= 0.3 is 0 Å². The van der Waals surface area contributed by atoms with Gasteiger partial charge in [0.1, 0.15) is 22.1 Å². The molecule has 0 aliphatic heterocycles. The Morgan fingerprint density at radius 2 is 1.56 bits per heavy atom. The highest BCUT2D eigenvalue weighted by molar-refractivity contribution is 7.89.